The minimum absolute atomic E-state index is 0.0499. The van der Waals surface area contributed by atoms with Gasteiger partial charge in [-0.3, -0.25) is 14.4 Å². The highest BCUT2D eigenvalue weighted by Gasteiger charge is 2.31. The number of amides is 3. The van der Waals surface area contributed by atoms with Gasteiger partial charge in [-0.25, -0.2) is 4.79 Å². The van der Waals surface area contributed by atoms with Crippen molar-refractivity contribution in [3.63, 3.8) is 0 Å². The molecule has 174 valence electrons. The Kier molecular flexibility index (Phi) is 8.77. The Labute approximate surface area is 186 Å². The van der Waals surface area contributed by atoms with Gasteiger partial charge in [0.15, 0.2) is 0 Å². The van der Waals surface area contributed by atoms with Crippen molar-refractivity contribution in [3.05, 3.63) is 36.0 Å². The quantitative estimate of drug-likeness (QED) is 0.275. The molecule has 0 saturated heterocycles. The maximum absolute atomic E-state index is 13.0. The number of H-pyrrole nitrogens is 1. The number of aliphatic carboxylic acids is 1. The predicted molar refractivity (Wildman–Crippen MR) is 119 cm³/mol. The third-order valence-corrected chi connectivity index (χ3v) is 5.55. The number of aromatic nitrogens is 1. The molecule has 10 nitrogen and oxygen atoms in total. The van der Waals surface area contributed by atoms with E-state index in [0.29, 0.717) is 6.42 Å². The number of nitrogens with two attached hydrogens (primary N) is 2. The number of carboxylic acids is 1. The molecule has 4 atom stereocenters. The highest BCUT2D eigenvalue weighted by atomic mass is 16.4. The van der Waals surface area contributed by atoms with Crippen molar-refractivity contribution in [3.8, 4) is 0 Å². The van der Waals surface area contributed by atoms with E-state index in [9.17, 15) is 24.3 Å². The van der Waals surface area contributed by atoms with Crippen LogP contribution in [0.5, 0.6) is 0 Å². The Morgan fingerprint density at radius 1 is 1.12 bits per heavy atom. The molecule has 1 aromatic carbocycles. The van der Waals surface area contributed by atoms with E-state index in [-0.39, 0.29) is 25.2 Å². The van der Waals surface area contributed by atoms with Crippen LogP contribution in [0, 0.1) is 5.92 Å². The topological polar surface area (TPSA) is 180 Å². The summed E-state index contributed by atoms with van der Waals surface area (Å²) < 4.78 is 0. The van der Waals surface area contributed by atoms with Crippen molar-refractivity contribution >= 4 is 34.6 Å². The highest BCUT2D eigenvalue weighted by Crippen LogP contribution is 2.19. The van der Waals surface area contributed by atoms with Gasteiger partial charge >= 0.3 is 5.97 Å². The monoisotopic (exact) mass is 445 g/mol. The number of nitrogens with one attached hydrogen (secondary N) is 3. The maximum atomic E-state index is 13.0. The lowest BCUT2D eigenvalue weighted by Gasteiger charge is -2.26. The molecule has 0 bridgehead atoms. The standard InChI is InChI=1S/C22H31N5O5/c1-3-12(2)19(27-20(29)15(23)8-9-18(24)28)21(30)26-17(22(31)32)10-13-11-25-16-7-5-4-6-14(13)16/h4-7,11-12,15,17,19,25H,3,8-10,23H2,1-2H3,(H2,24,28)(H,26,30)(H,27,29)(H,31,32). The first-order chi connectivity index (χ1) is 15.1. The molecular formula is C22H31N5O5. The minimum Gasteiger partial charge on any atom is -0.480 e. The lowest BCUT2D eigenvalue weighted by atomic mass is 9.96. The van der Waals surface area contributed by atoms with E-state index in [1.165, 1.54) is 0 Å². The molecule has 0 saturated carbocycles. The first-order valence-corrected chi connectivity index (χ1v) is 10.6. The molecule has 0 fully saturated rings. The summed E-state index contributed by atoms with van der Waals surface area (Å²) in [7, 11) is 0. The van der Waals surface area contributed by atoms with Crippen LogP contribution in [0.2, 0.25) is 0 Å². The van der Waals surface area contributed by atoms with Crippen LogP contribution >= 0.6 is 0 Å². The van der Waals surface area contributed by atoms with Crippen LogP contribution in [0.25, 0.3) is 10.9 Å². The van der Waals surface area contributed by atoms with E-state index in [1.54, 1.807) is 13.1 Å². The summed E-state index contributed by atoms with van der Waals surface area (Å²) in [6.07, 6.45) is 2.35. The zero-order chi connectivity index (χ0) is 23.8. The lowest BCUT2D eigenvalue weighted by Crippen LogP contribution is -2.57. The van der Waals surface area contributed by atoms with Gasteiger partial charge in [0.2, 0.25) is 17.7 Å². The van der Waals surface area contributed by atoms with Gasteiger partial charge in [0.05, 0.1) is 6.04 Å². The molecule has 1 aromatic heterocycles. The summed E-state index contributed by atoms with van der Waals surface area (Å²) in [5.41, 5.74) is 12.5. The fraction of sp³-hybridized carbons (Fsp3) is 0.455. The van der Waals surface area contributed by atoms with E-state index in [1.807, 2.05) is 31.2 Å². The average Bonchev–Trinajstić information content (AvgIpc) is 3.17. The number of hydrogen-bond donors (Lipinski definition) is 6. The second kappa shape index (κ2) is 11.3. The van der Waals surface area contributed by atoms with Gasteiger partial charge in [-0.2, -0.15) is 0 Å². The summed E-state index contributed by atoms with van der Waals surface area (Å²) in [4.78, 5) is 51.3. The molecule has 0 radical (unpaired) electrons. The van der Waals surface area contributed by atoms with Crippen LogP contribution in [0.15, 0.2) is 30.5 Å². The van der Waals surface area contributed by atoms with E-state index in [0.717, 1.165) is 16.5 Å². The van der Waals surface area contributed by atoms with Gasteiger partial charge in [-0.05, 0) is 24.0 Å². The molecule has 2 rings (SSSR count). The fourth-order valence-corrected chi connectivity index (χ4v) is 3.37. The Bertz CT molecular complexity index is 973. The summed E-state index contributed by atoms with van der Waals surface area (Å²) in [5, 5.41) is 15.7. The third kappa shape index (κ3) is 6.55. The van der Waals surface area contributed by atoms with Gasteiger partial charge in [-0.1, -0.05) is 38.5 Å². The number of para-hydroxylation sites is 1. The number of rotatable bonds is 12. The van der Waals surface area contributed by atoms with E-state index in [4.69, 9.17) is 11.5 Å². The highest BCUT2D eigenvalue weighted by molar-refractivity contribution is 5.92. The van der Waals surface area contributed by atoms with Crippen molar-refractivity contribution in [2.45, 2.75) is 57.7 Å². The van der Waals surface area contributed by atoms with Crippen molar-refractivity contribution in [1.82, 2.24) is 15.6 Å². The Hall–Kier alpha value is -3.40. The number of fused-ring (bicyclic) bond motifs is 1. The van der Waals surface area contributed by atoms with Crippen molar-refractivity contribution in [2.24, 2.45) is 17.4 Å². The Balaban J connectivity index is 2.12. The molecule has 8 N–H and O–H groups in total. The summed E-state index contributed by atoms with van der Waals surface area (Å²) in [6.45, 7) is 3.62. The van der Waals surface area contributed by atoms with E-state index < -0.39 is 41.8 Å². The minimum atomic E-state index is -1.19. The molecule has 10 heteroatoms. The Morgan fingerprint density at radius 3 is 2.44 bits per heavy atom. The molecular weight excluding hydrogens is 414 g/mol. The number of aromatic amines is 1. The number of hydrogen-bond acceptors (Lipinski definition) is 5. The first-order valence-electron chi connectivity index (χ1n) is 10.6. The molecule has 0 spiro atoms. The zero-order valence-electron chi connectivity index (χ0n) is 18.3. The SMILES string of the molecule is CCC(C)C(NC(=O)C(N)CCC(N)=O)C(=O)NC(Cc1c[nH]c2ccccc12)C(=O)O. The lowest BCUT2D eigenvalue weighted by molar-refractivity contribution is -0.142. The van der Waals surface area contributed by atoms with Crippen LogP contribution in [-0.2, 0) is 25.6 Å². The number of carbonyl (C=O) groups is 4. The smallest absolute Gasteiger partial charge is 0.326 e. The summed E-state index contributed by atoms with van der Waals surface area (Å²) in [5.74, 6) is -3.25. The van der Waals surface area contributed by atoms with Gasteiger partial charge in [-0.15, -0.1) is 0 Å². The number of carboxylic acid groups (broad SMARTS) is 1. The van der Waals surface area contributed by atoms with Gasteiger partial charge in [0.1, 0.15) is 12.1 Å². The molecule has 32 heavy (non-hydrogen) atoms. The largest absolute Gasteiger partial charge is 0.480 e. The fourth-order valence-electron chi connectivity index (χ4n) is 3.37. The number of carbonyl (C=O) groups excluding carboxylic acids is 3. The molecule has 4 unspecified atom stereocenters. The predicted octanol–water partition coefficient (Wildman–Crippen LogP) is 0.404. The van der Waals surface area contributed by atoms with Crippen LogP contribution in [-0.4, -0.2) is 51.9 Å². The van der Waals surface area contributed by atoms with Crippen molar-refractivity contribution < 1.29 is 24.3 Å². The maximum Gasteiger partial charge on any atom is 0.326 e. The van der Waals surface area contributed by atoms with Crippen LogP contribution < -0.4 is 22.1 Å². The second-order valence-corrected chi connectivity index (χ2v) is 7.95. The van der Waals surface area contributed by atoms with Gasteiger partial charge < -0.3 is 32.2 Å². The molecule has 3 amide bonds. The van der Waals surface area contributed by atoms with Crippen LogP contribution in [0.3, 0.4) is 0 Å². The molecule has 0 aliphatic rings. The molecule has 0 aliphatic carbocycles. The van der Waals surface area contributed by atoms with E-state index >= 15 is 0 Å². The molecule has 2 aromatic rings. The summed E-state index contributed by atoms with van der Waals surface area (Å²) in [6, 6.07) is 4.30. The zero-order valence-corrected chi connectivity index (χ0v) is 18.3. The average molecular weight is 446 g/mol. The Morgan fingerprint density at radius 2 is 1.81 bits per heavy atom. The van der Waals surface area contributed by atoms with Gasteiger partial charge in [0, 0.05) is 29.9 Å². The number of benzene rings is 1. The molecule has 1 heterocycles. The second-order valence-electron chi connectivity index (χ2n) is 7.95. The van der Waals surface area contributed by atoms with Crippen LogP contribution in [0.4, 0.5) is 0 Å². The van der Waals surface area contributed by atoms with E-state index in [2.05, 4.69) is 15.6 Å². The normalized spacial score (nSPS) is 14.8. The third-order valence-electron chi connectivity index (χ3n) is 5.55. The summed E-state index contributed by atoms with van der Waals surface area (Å²) >= 11 is 0. The first kappa shape index (κ1) is 24.9. The van der Waals surface area contributed by atoms with Crippen molar-refractivity contribution in [1.29, 1.82) is 0 Å². The van der Waals surface area contributed by atoms with Crippen molar-refractivity contribution in [2.75, 3.05) is 0 Å². The molecule has 0 aliphatic heterocycles. The van der Waals surface area contributed by atoms with Gasteiger partial charge in [0.25, 0.3) is 0 Å². The van der Waals surface area contributed by atoms with Crippen LogP contribution in [0.1, 0.15) is 38.7 Å². The number of primary amides is 1.